The molecule has 0 bridgehead atoms. The fraction of sp³-hybridized carbons (Fsp3) is 0.900. The normalized spacial score (nSPS) is 11.7. The van der Waals surface area contributed by atoms with Gasteiger partial charge in [0.25, 0.3) is 0 Å². The number of Topliss-reactive ketones (excluding diaryl/α,β-unsaturated/α-hetero) is 1. The van der Waals surface area contributed by atoms with E-state index in [9.17, 15) is 4.79 Å². The molecule has 0 unspecified atom stereocenters. The summed E-state index contributed by atoms with van der Waals surface area (Å²) in [6.07, 6.45) is 1.56. The maximum Gasteiger partial charge on any atom is 0.140 e. The van der Waals surface area contributed by atoms with Gasteiger partial charge in [-0.1, -0.05) is 27.7 Å². The quantitative estimate of drug-likeness (QED) is 0.595. The van der Waals surface area contributed by atoms with Gasteiger partial charge in [-0.15, -0.1) is 0 Å². The van der Waals surface area contributed by atoms with Crippen molar-refractivity contribution in [2.45, 2.75) is 40.5 Å². The van der Waals surface area contributed by atoms with E-state index in [1.807, 2.05) is 20.8 Å². The fourth-order valence-electron chi connectivity index (χ4n) is 0.786. The van der Waals surface area contributed by atoms with Crippen LogP contribution in [0.4, 0.5) is 0 Å². The minimum Gasteiger partial charge on any atom is -0.381 e. The Labute approximate surface area is 75.3 Å². The molecule has 0 atom stereocenters. The summed E-state index contributed by atoms with van der Waals surface area (Å²) in [5, 5.41) is 0. The van der Waals surface area contributed by atoms with Crippen LogP contribution in [0, 0.1) is 5.41 Å². The molecule has 0 aliphatic heterocycles. The summed E-state index contributed by atoms with van der Waals surface area (Å²) in [7, 11) is 0. The van der Waals surface area contributed by atoms with Gasteiger partial charge in [0, 0.05) is 18.4 Å². The maximum absolute atomic E-state index is 11.3. The Bertz CT molecular complexity index is 133. The van der Waals surface area contributed by atoms with Gasteiger partial charge >= 0.3 is 0 Å². The van der Waals surface area contributed by atoms with E-state index >= 15 is 0 Å². The minimum atomic E-state index is -0.213. The van der Waals surface area contributed by atoms with Crippen LogP contribution in [-0.2, 0) is 9.53 Å². The monoisotopic (exact) mass is 172 g/mol. The molecule has 0 fully saturated rings. The molecular formula is C10H20O2. The highest BCUT2D eigenvalue weighted by Gasteiger charge is 2.19. The van der Waals surface area contributed by atoms with Gasteiger partial charge in [0.1, 0.15) is 5.78 Å². The third kappa shape index (κ3) is 5.30. The molecule has 0 saturated carbocycles. The van der Waals surface area contributed by atoms with Crippen molar-refractivity contribution in [3.8, 4) is 0 Å². The maximum atomic E-state index is 11.3. The van der Waals surface area contributed by atoms with Crippen LogP contribution < -0.4 is 0 Å². The second-order valence-corrected chi connectivity index (χ2v) is 4.04. The Morgan fingerprint density at radius 3 is 2.25 bits per heavy atom. The molecule has 0 N–H and O–H groups in total. The molecule has 0 radical (unpaired) electrons. The van der Waals surface area contributed by atoms with Crippen LogP contribution in [0.2, 0.25) is 0 Å². The zero-order chi connectivity index (χ0) is 9.61. The van der Waals surface area contributed by atoms with E-state index in [4.69, 9.17) is 4.74 Å². The first-order valence-electron chi connectivity index (χ1n) is 4.59. The van der Waals surface area contributed by atoms with E-state index in [2.05, 4.69) is 6.92 Å². The minimum absolute atomic E-state index is 0.213. The number of ether oxygens (including phenoxy) is 1. The number of rotatable bonds is 5. The second-order valence-electron chi connectivity index (χ2n) is 4.04. The summed E-state index contributed by atoms with van der Waals surface area (Å²) in [5.41, 5.74) is -0.213. The lowest BCUT2D eigenvalue weighted by atomic mass is 9.89. The van der Waals surface area contributed by atoms with Crippen LogP contribution in [0.5, 0.6) is 0 Å². The van der Waals surface area contributed by atoms with Crippen molar-refractivity contribution in [1.82, 2.24) is 0 Å². The molecule has 0 rings (SSSR count). The van der Waals surface area contributed by atoms with Crippen LogP contribution >= 0.6 is 0 Å². The molecule has 0 amide bonds. The van der Waals surface area contributed by atoms with Crippen molar-refractivity contribution in [3.63, 3.8) is 0 Å². The van der Waals surface area contributed by atoms with Crippen molar-refractivity contribution in [2.24, 2.45) is 5.41 Å². The lowest BCUT2D eigenvalue weighted by Gasteiger charge is -2.16. The molecule has 0 aliphatic rings. The van der Waals surface area contributed by atoms with Gasteiger partial charge in [0.05, 0.1) is 6.61 Å². The molecule has 0 aromatic heterocycles. The van der Waals surface area contributed by atoms with Gasteiger partial charge in [0.15, 0.2) is 0 Å². The molecule has 0 heterocycles. The van der Waals surface area contributed by atoms with Crippen LogP contribution in [0.3, 0.4) is 0 Å². The highest BCUT2D eigenvalue weighted by atomic mass is 16.5. The average molecular weight is 172 g/mol. The zero-order valence-electron chi connectivity index (χ0n) is 8.64. The molecular weight excluding hydrogens is 152 g/mol. The second kappa shape index (κ2) is 5.31. The van der Waals surface area contributed by atoms with Crippen molar-refractivity contribution in [3.05, 3.63) is 0 Å². The van der Waals surface area contributed by atoms with Crippen LogP contribution in [0.15, 0.2) is 0 Å². The van der Waals surface area contributed by atoms with Gasteiger partial charge in [-0.25, -0.2) is 0 Å². The summed E-state index contributed by atoms with van der Waals surface area (Å²) >= 11 is 0. The Balaban J connectivity index is 3.45. The average Bonchev–Trinajstić information content (AvgIpc) is 1.96. The van der Waals surface area contributed by atoms with Crippen LogP contribution in [0.25, 0.3) is 0 Å². The zero-order valence-corrected chi connectivity index (χ0v) is 8.64. The van der Waals surface area contributed by atoms with E-state index in [1.54, 1.807) is 0 Å². The predicted octanol–water partition coefficient (Wildman–Crippen LogP) is 2.42. The molecule has 2 nitrogen and oxygen atoms in total. The van der Waals surface area contributed by atoms with Gasteiger partial charge in [-0.3, -0.25) is 4.79 Å². The van der Waals surface area contributed by atoms with Crippen LogP contribution in [-0.4, -0.2) is 19.0 Å². The van der Waals surface area contributed by atoms with Crippen molar-refractivity contribution in [1.29, 1.82) is 0 Å². The first-order valence-corrected chi connectivity index (χ1v) is 4.59. The summed E-state index contributed by atoms with van der Waals surface area (Å²) in [5.74, 6) is 0.276. The van der Waals surface area contributed by atoms with Crippen molar-refractivity contribution < 1.29 is 9.53 Å². The highest BCUT2D eigenvalue weighted by Crippen LogP contribution is 2.16. The number of carbonyl (C=O) groups is 1. The summed E-state index contributed by atoms with van der Waals surface area (Å²) in [6, 6.07) is 0. The Kier molecular flexibility index (Phi) is 5.14. The van der Waals surface area contributed by atoms with Crippen LogP contribution in [0.1, 0.15) is 40.5 Å². The molecule has 0 aromatic carbocycles. The fourth-order valence-corrected chi connectivity index (χ4v) is 0.786. The molecule has 72 valence electrons. The molecule has 12 heavy (non-hydrogen) atoms. The topological polar surface area (TPSA) is 26.3 Å². The lowest BCUT2D eigenvalue weighted by Crippen LogP contribution is -2.21. The lowest BCUT2D eigenvalue weighted by molar-refractivity contribution is -0.127. The van der Waals surface area contributed by atoms with Gasteiger partial charge in [0.2, 0.25) is 0 Å². The van der Waals surface area contributed by atoms with Gasteiger partial charge in [-0.05, 0) is 6.42 Å². The Morgan fingerprint density at radius 2 is 1.83 bits per heavy atom. The van der Waals surface area contributed by atoms with E-state index in [0.29, 0.717) is 13.0 Å². The van der Waals surface area contributed by atoms with Gasteiger partial charge in [-0.2, -0.15) is 0 Å². The molecule has 0 spiro atoms. The van der Waals surface area contributed by atoms with Crippen molar-refractivity contribution >= 4 is 5.78 Å². The molecule has 0 aromatic rings. The molecule has 0 aliphatic carbocycles. The first-order chi connectivity index (χ1) is 5.48. The van der Waals surface area contributed by atoms with Gasteiger partial charge < -0.3 is 4.74 Å². The smallest absolute Gasteiger partial charge is 0.140 e. The predicted molar refractivity (Wildman–Crippen MR) is 50.2 cm³/mol. The Morgan fingerprint density at radius 1 is 1.25 bits per heavy atom. The highest BCUT2D eigenvalue weighted by molar-refractivity contribution is 5.83. The number of carbonyl (C=O) groups excluding carboxylic acids is 1. The summed E-state index contributed by atoms with van der Waals surface area (Å²) in [6.45, 7) is 9.21. The summed E-state index contributed by atoms with van der Waals surface area (Å²) in [4.78, 5) is 11.3. The molecule has 2 heteroatoms. The van der Waals surface area contributed by atoms with E-state index in [1.165, 1.54) is 0 Å². The standard InChI is InChI=1S/C10H20O2/c1-5-7-12-8-6-9(11)10(2,3)4/h5-8H2,1-4H3. The third-order valence-corrected chi connectivity index (χ3v) is 1.66. The number of hydrogen-bond donors (Lipinski definition) is 0. The Hall–Kier alpha value is -0.370. The largest absolute Gasteiger partial charge is 0.381 e. The summed E-state index contributed by atoms with van der Waals surface area (Å²) < 4.78 is 5.23. The SMILES string of the molecule is CCCOCCC(=O)C(C)(C)C. The molecule has 0 saturated heterocycles. The third-order valence-electron chi connectivity index (χ3n) is 1.66. The van der Waals surface area contributed by atoms with E-state index in [0.717, 1.165) is 13.0 Å². The van der Waals surface area contributed by atoms with E-state index < -0.39 is 0 Å². The van der Waals surface area contributed by atoms with Crippen molar-refractivity contribution in [2.75, 3.05) is 13.2 Å². The number of hydrogen-bond acceptors (Lipinski definition) is 2. The van der Waals surface area contributed by atoms with E-state index in [-0.39, 0.29) is 11.2 Å². The first kappa shape index (κ1) is 11.6. The number of ketones is 1.